The lowest BCUT2D eigenvalue weighted by Gasteiger charge is -2.37. The van der Waals surface area contributed by atoms with Gasteiger partial charge in [-0.05, 0) is 48.5 Å². The molecule has 0 aromatic heterocycles. The minimum absolute atomic E-state index is 0.00200. The largest absolute Gasteiger partial charge is 0.274 e. The van der Waals surface area contributed by atoms with E-state index in [2.05, 4.69) is 20.8 Å². The molecule has 0 N–H and O–H groups in total. The van der Waals surface area contributed by atoms with E-state index in [1.54, 1.807) is 0 Å². The summed E-state index contributed by atoms with van der Waals surface area (Å²) in [6.07, 6.45) is 5.05. The molecule has 1 aromatic rings. The molecule has 0 radical (unpaired) electrons. The molecule has 4 nitrogen and oxygen atoms in total. The van der Waals surface area contributed by atoms with Crippen LogP contribution in [0, 0.1) is 16.7 Å². The van der Waals surface area contributed by atoms with E-state index in [1.165, 1.54) is 4.31 Å². The molecule has 0 unspecified atom stereocenters. The first-order chi connectivity index (χ1) is 12.7. The Morgan fingerprint density at radius 2 is 1.96 bits per heavy atom. The fourth-order valence-electron chi connectivity index (χ4n) is 6.38. The highest BCUT2D eigenvalue weighted by Crippen LogP contribution is 2.70. The monoisotopic (exact) mass is 389 g/mol. The average Bonchev–Trinajstić information content (AvgIpc) is 3.09. The highest BCUT2D eigenvalue weighted by atomic mass is 32.2. The van der Waals surface area contributed by atoms with Crippen LogP contribution in [0.5, 0.6) is 0 Å². The highest BCUT2D eigenvalue weighted by molar-refractivity contribution is 7.90. The number of benzene rings is 1. The van der Waals surface area contributed by atoms with E-state index in [0.717, 1.165) is 37.7 Å². The Hall–Kier alpha value is -1.36. The Bertz CT molecular complexity index is 832. The van der Waals surface area contributed by atoms with Gasteiger partial charge in [0.25, 0.3) is 0 Å². The number of nitrogens with zero attached hydrogens (tertiary/aromatic N) is 1. The van der Waals surface area contributed by atoms with E-state index < -0.39 is 10.0 Å². The summed E-state index contributed by atoms with van der Waals surface area (Å²) < 4.78 is 27.5. The van der Waals surface area contributed by atoms with Gasteiger partial charge in [-0.2, -0.15) is 0 Å². The highest BCUT2D eigenvalue weighted by Gasteiger charge is 2.72. The number of carbonyl (C=O) groups is 1. The maximum atomic E-state index is 13.3. The number of fused-ring (bicyclic) bond motifs is 1. The van der Waals surface area contributed by atoms with Gasteiger partial charge in [0.1, 0.15) is 0 Å². The van der Waals surface area contributed by atoms with Crippen molar-refractivity contribution in [3.8, 4) is 0 Å². The molecule has 27 heavy (non-hydrogen) atoms. The fourth-order valence-corrected chi connectivity index (χ4v) is 8.94. The Labute approximate surface area is 163 Å². The van der Waals surface area contributed by atoms with E-state index in [4.69, 9.17) is 0 Å². The van der Waals surface area contributed by atoms with Crippen molar-refractivity contribution in [1.82, 2.24) is 4.31 Å². The Morgan fingerprint density at radius 1 is 1.26 bits per heavy atom. The molecule has 2 bridgehead atoms. The zero-order chi connectivity index (χ0) is 19.4. The lowest BCUT2D eigenvalue weighted by Crippen LogP contribution is -2.44. The molecule has 4 atom stereocenters. The zero-order valence-corrected chi connectivity index (χ0v) is 17.5. The van der Waals surface area contributed by atoms with Crippen molar-refractivity contribution in [2.24, 2.45) is 16.7 Å². The van der Waals surface area contributed by atoms with Gasteiger partial charge in [0, 0.05) is 11.8 Å². The maximum Gasteiger partial charge on any atom is 0.238 e. The van der Waals surface area contributed by atoms with Crippen LogP contribution in [0.2, 0.25) is 0 Å². The van der Waals surface area contributed by atoms with Crippen molar-refractivity contribution in [2.45, 2.75) is 71.3 Å². The van der Waals surface area contributed by atoms with Crippen LogP contribution in [-0.4, -0.2) is 30.4 Å². The number of rotatable bonds is 5. The molecule has 2 saturated carbocycles. The van der Waals surface area contributed by atoms with Gasteiger partial charge < -0.3 is 0 Å². The minimum atomic E-state index is -3.52. The molecule has 1 spiro atoms. The van der Waals surface area contributed by atoms with Crippen molar-refractivity contribution in [3.63, 3.8) is 0 Å². The van der Waals surface area contributed by atoms with Crippen LogP contribution in [0.25, 0.3) is 0 Å². The molecule has 5 heteroatoms. The van der Waals surface area contributed by atoms with E-state index in [1.807, 2.05) is 30.3 Å². The number of hydrogen-bond acceptors (Lipinski definition) is 3. The summed E-state index contributed by atoms with van der Waals surface area (Å²) in [5.74, 6) is 0.586. The van der Waals surface area contributed by atoms with Gasteiger partial charge in [0.15, 0.2) is 0 Å². The van der Waals surface area contributed by atoms with Crippen molar-refractivity contribution in [2.75, 3.05) is 5.75 Å². The third-order valence-corrected chi connectivity index (χ3v) is 9.92. The summed E-state index contributed by atoms with van der Waals surface area (Å²) >= 11 is 0. The second-order valence-electron chi connectivity index (χ2n) is 9.41. The molecular formula is C22H31NO3S. The molecule has 1 aromatic carbocycles. The lowest BCUT2D eigenvalue weighted by atomic mass is 9.69. The van der Waals surface area contributed by atoms with Crippen molar-refractivity contribution >= 4 is 15.9 Å². The number of carbonyl (C=O) groups excluding carboxylic acids is 1. The van der Waals surface area contributed by atoms with Crippen LogP contribution in [0.15, 0.2) is 30.3 Å². The van der Waals surface area contributed by atoms with E-state index in [9.17, 15) is 13.2 Å². The van der Waals surface area contributed by atoms with Gasteiger partial charge in [-0.3, -0.25) is 4.79 Å². The van der Waals surface area contributed by atoms with E-state index >= 15 is 0 Å². The molecule has 4 rings (SSSR count). The van der Waals surface area contributed by atoms with Gasteiger partial charge in [-0.15, -0.1) is 0 Å². The molecule has 3 fully saturated rings. The first kappa shape index (κ1) is 19.0. The van der Waals surface area contributed by atoms with Crippen molar-refractivity contribution < 1.29 is 13.2 Å². The van der Waals surface area contributed by atoms with Crippen LogP contribution in [0.3, 0.4) is 0 Å². The number of amides is 1. The summed E-state index contributed by atoms with van der Waals surface area (Å²) in [7, 11) is -3.52. The number of sulfonamides is 1. The van der Waals surface area contributed by atoms with Crippen LogP contribution in [0.1, 0.15) is 70.8 Å². The molecule has 148 valence electrons. The Kier molecular flexibility index (Phi) is 4.45. The van der Waals surface area contributed by atoms with Crippen LogP contribution in [0.4, 0.5) is 0 Å². The Balaban J connectivity index is 1.62. The molecule has 1 heterocycles. The van der Waals surface area contributed by atoms with Crippen LogP contribution in [-0.2, 0) is 14.8 Å². The molecule has 3 aliphatic rings. The summed E-state index contributed by atoms with van der Waals surface area (Å²) in [5, 5.41) is 0. The Morgan fingerprint density at radius 3 is 2.59 bits per heavy atom. The molecular weight excluding hydrogens is 358 g/mol. The summed E-state index contributed by atoms with van der Waals surface area (Å²) in [5.41, 5.74) is 0.897. The second-order valence-corrected chi connectivity index (χ2v) is 11.3. The van der Waals surface area contributed by atoms with Crippen LogP contribution < -0.4 is 0 Å². The van der Waals surface area contributed by atoms with Gasteiger partial charge in [-0.25, -0.2) is 12.7 Å². The first-order valence-corrected chi connectivity index (χ1v) is 11.9. The lowest BCUT2D eigenvalue weighted by molar-refractivity contribution is -0.129. The van der Waals surface area contributed by atoms with Gasteiger partial charge in [0.05, 0.1) is 11.8 Å². The second kappa shape index (κ2) is 6.33. The van der Waals surface area contributed by atoms with Gasteiger partial charge in [0.2, 0.25) is 15.9 Å². The van der Waals surface area contributed by atoms with E-state index in [0.29, 0.717) is 5.92 Å². The molecule has 1 amide bonds. The predicted molar refractivity (Wildman–Crippen MR) is 107 cm³/mol. The number of hydrogen-bond donors (Lipinski definition) is 0. The molecule has 1 saturated heterocycles. The minimum Gasteiger partial charge on any atom is -0.274 e. The quantitative estimate of drug-likeness (QED) is 0.753. The fraction of sp³-hybridized carbons (Fsp3) is 0.682. The molecule has 2 aliphatic carbocycles. The SMILES string of the molecule is CCC[C@H](CC(=O)N1[C@@H]2C[C@H]3CC[C@]2(CS1(=O)=O)C3(C)C)c1ccccc1. The summed E-state index contributed by atoms with van der Waals surface area (Å²) in [6.45, 7) is 6.55. The maximum absolute atomic E-state index is 13.3. The van der Waals surface area contributed by atoms with Crippen molar-refractivity contribution in [3.05, 3.63) is 35.9 Å². The van der Waals surface area contributed by atoms with Gasteiger partial charge in [-0.1, -0.05) is 57.5 Å². The summed E-state index contributed by atoms with van der Waals surface area (Å²) in [6, 6.07) is 9.93. The third kappa shape index (κ3) is 2.68. The third-order valence-electron chi connectivity index (χ3n) is 7.99. The normalized spacial score (nSPS) is 33.8. The van der Waals surface area contributed by atoms with E-state index in [-0.39, 0.29) is 40.9 Å². The van der Waals surface area contributed by atoms with Gasteiger partial charge >= 0.3 is 0 Å². The predicted octanol–water partition coefficient (Wildman–Crippen LogP) is 4.33. The molecule has 1 aliphatic heterocycles. The first-order valence-electron chi connectivity index (χ1n) is 10.3. The van der Waals surface area contributed by atoms with Crippen LogP contribution >= 0.6 is 0 Å². The van der Waals surface area contributed by atoms with Crippen molar-refractivity contribution in [1.29, 1.82) is 0 Å². The summed E-state index contributed by atoms with van der Waals surface area (Å²) in [4.78, 5) is 13.3. The standard InChI is InChI=1S/C22H31NO3S/c1-4-8-17(16-9-6-5-7-10-16)13-20(24)23-19-14-18-11-12-22(19,21(18,2)3)15-27(23,25)26/h5-7,9-10,17-19H,4,8,11-15H2,1-3H3/t17-,18-,19-,22-/m1/s1. The topological polar surface area (TPSA) is 54.5 Å². The average molecular weight is 390 g/mol. The zero-order valence-electron chi connectivity index (χ0n) is 16.6. The smallest absolute Gasteiger partial charge is 0.238 e.